The Balaban J connectivity index is 1.65. The van der Waals surface area contributed by atoms with Crippen LogP contribution in [0.15, 0.2) is 21.2 Å². The molecular weight excluding hydrogens is 262 g/mol. The minimum absolute atomic E-state index is 0.164. The number of hydrogen-bond donors (Lipinski definition) is 1. The van der Waals surface area contributed by atoms with E-state index in [0.29, 0.717) is 26.4 Å². The third-order valence-electron chi connectivity index (χ3n) is 2.19. The average Bonchev–Trinajstić information content (AvgIpc) is 2.66. The van der Waals surface area contributed by atoms with Gasteiger partial charge in [-0.1, -0.05) is 0 Å². The van der Waals surface area contributed by atoms with Crippen LogP contribution in [0.25, 0.3) is 0 Å². The summed E-state index contributed by atoms with van der Waals surface area (Å²) in [6.07, 6.45) is 0.164. The Morgan fingerprint density at radius 2 is 2.33 bits per heavy atom. The van der Waals surface area contributed by atoms with E-state index in [9.17, 15) is 0 Å². The van der Waals surface area contributed by atoms with E-state index < -0.39 is 0 Å². The van der Waals surface area contributed by atoms with Crippen LogP contribution in [0.2, 0.25) is 0 Å². The molecule has 2 heterocycles. The summed E-state index contributed by atoms with van der Waals surface area (Å²) in [6.45, 7) is 3.58. The van der Waals surface area contributed by atoms with Crippen molar-refractivity contribution in [2.45, 2.75) is 12.6 Å². The Morgan fingerprint density at radius 1 is 1.40 bits per heavy atom. The first-order chi connectivity index (χ1) is 7.34. The van der Waals surface area contributed by atoms with Crippen LogP contribution in [0.5, 0.6) is 0 Å². The number of hydrogen-bond acceptors (Lipinski definition) is 4. The van der Waals surface area contributed by atoms with E-state index >= 15 is 0 Å². The lowest BCUT2D eigenvalue weighted by molar-refractivity contribution is -0.0865. The second-order valence-corrected chi connectivity index (χ2v) is 4.19. The van der Waals surface area contributed by atoms with Crippen LogP contribution >= 0.6 is 15.9 Å². The van der Waals surface area contributed by atoms with E-state index in [1.54, 1.807) is 0 Å². The SMILES string of the molecule is Brc1ccc(CNCC2COCCO2)o1. The van der Waals surface area contributed by atoms with Crippen molar-refractivity contribution in [3.8, 4) is 0 Å². The topological polar surface area (TPSA) is 43.6 Å². The van der Waals surface area contributed by atoms with Crippen molar-refractivity contribution in [3.63, 3.8) is 0 Å². The minimum atomic E-state index is 0.164. The van der Waals surface area contributed by atoms with Crippen molar-refractivity contribution >= 4 is 15.9 Å². The molecule has 1 saturated heterocycles. The fourth-order valence-corrected chi connectivity index (χ4v) is 1.80. The Hall–Kier alpha value is -0.360. The van der Waals surface area contributed by atoms with Gasteiger partial charge in [0.25, 0.3) is 0 Å². The van der Waals surface area contributed by atoms with Gasteiger partial charge in [-0.2, -0.15) is 0 Å². The predicted octanol–water partition coefficient (Wildman–Crippen LogP) is 1.55. The van der Waals surface area contributed by atoms with Crippen LogP contribution < -0.4 is 5.32 Å². The molecule has 1 aliphatic rings. The molecule has 0 amide bonds. The largest absolute Gasteiger partial charge is 0.453 e. The Labute approximate surface area is 97.1 Å². The Bertz CT molecular complexity index is 297. The highest BCUT2D eigenvalue weighted by Crippen LogP contribution is 2.13. The van der Waals surface area contributed by atoms with Crippen LogP contribution in [-0.4, -0.2) is 32.5 Å². The molecule has 0 saturated carbocycles. The van der Waals surface area contributed by atoms with Crippen LogP contribution in [0, 0.1) is 0 Å². The molecular formula is C10H14BrNO3. The number of halogens is 1. The zero-order valence-corrected chi connectivity index (χ0v) is 9.96. The third-order valence-corrected chi connectivity index (χ3v) is 2.61. The Kier molecular flexibility index (Phi) is 4.19. The average molecular weight is 276 g/mol. The van der Waals surface area contributed by atoms with Gasteiger partial charge in [-0.25, -0.2) is 0 Å². The molecule has 1 unspecified atom stereocenters. The van der Waals surface area contributed by atoms with Crippen LogP contribution in [0.4, 0.5) is 0 Å². The van der Waals surface area contributed by atoms with Crippen LogP contribution in [-0.2, 0) is 16.0 Å². The van der Waals surface area contributed by atoms with Gasteiger partial charge in [0.05, 0.1) is 32.5 Å². The highest BCUT2D eigenvalue weighted by atomic mass is 79.9. The molecule has 0 bridgehead atoms. The molecule has 0 radical (unpaired) electrons. The van der Waals surface area contributed by atoms with E-state index in [4.69, 9.17) is 13.9 Å². The van der Waals surface area contributed by atoms with Gasteiger partial charge >= 0.3 is 0 Å². The second-order valence-electron chi connectivity index (χ2n) is 3.40. The molecule has 1 aromatic rings. The Morgan fingerprint density at radius 3 is 3.00 bits per heavy atom. The van der Waals surface area contributed by atoms with E-state index in [0.717, 1.165) is 17.0 Å². The number of ether oxygens (including phenoxy) is 2. The fourth-order valence-electron chi connectivity index (χ4n) is 1.46. The summed E-state index contributed by atoms with van der Waals surface area (Å²) in [5.41, 5.74) is 0. The van der Waals surface area contributed by atoms with Crippen molar-refractivity contribution in [3.05, 3.63) is 22.6 Å². The van der Waals surface area contributed by atoms with Crippen LogP contribution in [0.1, 0.15) is 5.76 Å². The molecule has 0 aliphatic carbocycles. The lowest BCUT2D eigenvalue weighted by atomic mass is 10.3. The van der Waals surface area contributed by atoms with E-state index in [2.05, 4.69) is 21.2 Å². The number of nitrogens with one attached hydrogen (secondary N) is 1. The standard InChI is InChI=1S/C10H14BrNO3/c11-10-2-1-8(15-10)5-12-6-9-7-13-3-4-14-9/h1-2,9,12H,3-7H2. The lowest BCUT2D eigenvalue weighted by Gasteiger charge is -2.22. The molecule has 1 aromatic heterocycles. The van der Waals surface area contributed by atoms with Gasteiger partial charge in [0.1, 0.15) is 5.76 Å². The second kappa shape index (κ2) is 5.65. The fraction of sp³-hybridized carbons (Fsp3) is 0.600. The summed E-state index contributed by atoms with van der Waals surface area (Å²) in [6, 6.07) is 3.83. The summed E-state index contributed by atoms with van der Waals surface area (Å²) in [4.78, 5) is 0. The first-order valence-electron chi connectivity index (χ1n) is 4.99. The monoisotopic (exact) mass is 275 g/mol. The molecule has 1 fully saturated rings. The van der Waals surface area contributed by atoms with Crippen molar-refractivity contribution < 1.29 is 13.9 Å². The highest BCUT2D eigenvalue weighted by Gasteiger charge is 2.13. The molecule has 1 aliphatic heterocycles. The maximum Gasteiger partial charge on any atom is 0.169 e. The van der Waals surface area contributed by atoms with E-state index in [1.807, 2.05) is 12.1 Å². The normalized spacial score (nSPS) is 21.8. The minimum Gasteiger partial charge on any atom is -0.453 e. The molecule has 0 spiro atoms. The van der Waals surface area contributed by atoms with Crippen molar-refractivity contribution in [2.75, 3.05) is 26.4 Å². The summed E-state index contributed by atoms with van der Waals surface area (Å²) < 4.78 is 16.9. The quantitative estimate of drug-likeness (QED) is 0.906. The van der Waals surface area contributed by atoms with Gasteiger partial charge in [-0.3, -0.25) is 0 Å². The summed E-state index contributed by atoms with van der Waals surface area (Å²) in [5, 5.41) is 3.27. The molecule has 2 rings (SSSR count). The molecule has 0 aromatic carbocycles. The molecule has 5 heteroatoms. The smallest absolute Gasteiger partial charge is 0.169 e. The maximum absolute atomic E-state index is 5.49. The molecule has 1 atom stereocenters. The zero-order chi connectivity index (χ0) is 10.5. The third kappa shape index (κ3) is 3.61. The van der Waals surface area contributed by atoms with E-state index in [1.165, 1.54) is 0 Å². The summed E-state index contributed by atoms with van der Waals surface area (Å²) in [7, 11) is 0. The number of furan rings is 1. The maximum atomic E-state index is 5.49. The lowest BCUT2D eigenvalue weighted by Crippen LogP contribution is -2.37. The van der Waals surface area contributed by atoms with Crippen molar-refractivity contribution in [1.82, 2.24) is 5.32 Å². The van der Waals surface area contributed by atoms with Crippen LogP contribution in [0.3, 0.4) is 0 Å². The summed E-state index contributed by atoms with van der Waals surface area (Å²) in [5.74, 6) is 0.915. The molecule has 4 nitrogen and oxygen atoms in total. The number of rotatable bonds is 4. The van der Waals surface area contributed by atoms with Gasteiger partial charge in [0, 0.05) is 6.54 Å². The van der Waals surface area contributed by atoms with Gasteiger partial charge in [0.15, 0.2) is 4.67 Å². The predicted molar refractivity (Wildman–Crippen MR) is 58.7 cm³/mol. The first kappa shape index (κ1) is 11.1. The van der Waals surface area contributed by atoms with Gasteiger partial charge in [-0.05, 0) is 28.1 Å². The van der Waals surface area contributed by atoms with Gasteiger partial charge < -0.3 is 19.2 Å². The van der Waals surface area contributed by atoms with Gasteiger partial charge in [-0.15, -0.1) is 0 Å². The van der Waals surface area contributed by atoms with E-state index in [-0.39, 0.29) is 6.10 Å². The summed E-state index contributed by atoms with van der Waals surface area (Å²) >= 11 is 3.26. The first-order valence-corrected chi connectivity index (χ1v) is 5.78. The zero-order valence-electron chi connectivity index (χ0n) is 8.37. The highest BCUT2D eigenvalue weighted by molar-refractivity contribution is 9.10. The van der Waals surface area contributed by atoms with Gasteiger partial charge in [0.2, 0.25) is 0 Å². The van der Waals surface area contributed by atoms with Crippen molar-refractivity contribution in [2.24, 2.45) is 0 Å². The molecule has 84 valence electrons. The molecule has 15 heavy (non-hydrogen) atoms. The molecule has 1 N–H and O–H groups in total. The van der Waals surface area contributed by atoms with Crippen molar-refractivity contribution in [1.29, 1.82) is 0 Å².